The Balaban J connectivity index is 0. The van der Waals surface area contributed by atoms with Crippen molar-refractivity contribution in [1.29, 1.82) is 0 Å². The van der Waals surface area contributed by atoms with Crippen LogP contribution in [0.25, 0.3) is 0 Å². The summed E-state index contributed by atoms with van der Waals surface area (Å²) < 4.78 is 5.18. The van der Waals surface area contributed by atoms with Gasteiger partial charge in [-0.15, -0.1) is 24.8 Å². The van der Waals surface area contributed by atoms with Crippen LogP contribution in [0.15, 0.2) is 12.1 Å². The molecule has 0 unspecified atom stereocenters. The second-order valence-electron chi connectivity index (χ2n) is 2.73. The van der Waals surface area contributed by atoms with Crippen molar-refractivity contribution in [2.24, 2.45) is 0 Å². The summed E-state index contributed by atoms with van der Waals surface area (Å²) >= 11 is 1.71. The van der Waals surface area contributed by atoms with Crippen LogP contribution in [0.1, 0.15) is 16.7 Å². The second-order valence-corrected chi connectivity index (χ2v) is 3.05. The van der Waals surface area contributed by atoms with Crippen LogP contribution in [-0.4, -0.2) is 0 Å². The van der Waals surface area contributed by atoms with Crippen LogP contribution in [-0.2, 0) is 20.8 Å². The fourth-order valence-electron chi connectivity index (χ4n) is 1.04. The standard InChI is InChI=1S/C9H12O.2ClH.Ti/c1-6-4-5-9(10)8(3)7(6)2;;;/h4-5,10H,1-3H3;2*1H;/q;;;+1/p-1. The Morgan fingerprint density at radius 1 is 1.00 bits per heavy atom. The van der Waals surface area contributed by atoms with E-state index >= 15 is 0 Å². The number of aryl methyl sites for hydroxylation is 1. The third-order valence-corrected chi connectivity index (χ3v) is 2.46. The number of hydrogen-bond donors (Lipinski definition) is 0. The van der Waals surface area contributed by atoms with Gasteiger partial charge in [-0.2, -0.15) is 0 Å². The Kier molecular flexibility index (Phi) is 8.15. The summed E-state index contributed by atoms with van der Waals surface area (Å²) in [6.07, 6.45) is 0. The third kappa shape index (κ3) is 3.51. The minimum Gasteiger partial charge on any atom is -0.147 e. The molecule has 0 aromatic heterocycles. The van der Waals surface area contributed by atoms with Crippen LogP contribution >= 0.6 is 24.8 Å². The average Bonchev–Trinajstić information content (AvgIpc) is 2.01. The van der Waals surface area contributed by atoms with Gasteiger partial charge in [0, 0.05) is 0 Å². The molecule has 0 aliphatic rings. The minimum absolute atomic E-state index is 0. The van der Waals surface area contributed by atoms with E-state index in [1.807, 2.05) is 6.07 Å². The molecule has 0 saturated heterocycles. The largest absolute Gasteiger partial charge is 0.147 e. The number of hydrogen-bond acceptors (Lipinski definition) is 1. The zero-order valence-corrected chi connectivity index (χ0v) is 11.1. The quantitative estimate of drug-likeness (QED) is 0.700. The number of rotatable bonds is 1. The van der Waals surface area contributed by atoms with Crippen molar-refractivity contribution in [1.82, 2.24) is 0 Å². The molecule has 0 atom stereocenters. The van der Waals surface area contributed by atoms with E-state index in [0.29, 0.717) is 0 Å². The van der Waals surface area contributed by atoms with Gasteiger partial charge in [-0.05, 0) is 0 Å². The van der Waals surface area contributed by atoms with E-state index in [2.05, 4.69) is 26.8 Å². The van der Waals surface area contributed by atoms with Crippen molar-refractivity contribution in [3.8, 4) is 5.75 Å². The molecular weight excluding hydrogens is 243 g/mol. The van der Waals surface area contributed by atoms with Gasteiger partial charge in [-0.25, -0.2) is 0 Å². The van der Waals surface area contributed by atoms with Crippen LogP contribution in [0.2, 0.25) is 0 Å². The predicted octanol–water partition coefficient (Wildman–Crippen LogP) is 3.30. The van der Waals surface area contributed by atoms with E-state index in [0.717, 1.165) is 5.75 Å². The van der Waals surface area contributed by atoms with E-state index in [1.165, 1.54) is 16.7 Å². The first-order chi connectivity index (χ1) is 5.16. The van der Waals surface area contributed by atoms with Gasteiger partial charge in [0.25, 0.3) is 0 Å². The molecule has 13 heavy (non-hydrogen) atoms. The van der Waals surface area contributed by atoms with Gasteiger partial charge in [-0.3, -0.25) is 0 Å². The zero-order valence-electron chi connectivity index (χ0n) is 7.88. The first kappa shape index (κ1) is 15.8. The topological polar surface area (TPSA) is 9.23 Å². The molecule has 0 radical (unpaired) electrons. The molecule has 0 amide bonds. The van der Waals surface area contributed by atoms with Gasteiger partial charge in [0.15, 0.2) is 0 Å². The SMILES string of the molecule is Cc1ccc([O][Ti])c(C)c1C.Cl.Cl. The molecule has 0 heterocycles. The van der Waals surface area contributed by atoms with Gasteiger partial charge < -0.3 is 0 Å². The molecular formula is C9H13Cl2OTi. The fraction of sp³-hybridized carbons (Fsp3) is 0.333. The number of halogens is 2. The zero-order chi connectivity index (χ0) is 8.43. The Morgan fingerprint density at radius 3 is 2.00 bits per heavy atom. The summed E-state index contributed by atoms with van der Waals surface area (Å²) in [5.74, 6) is 0.980. The average molecular weight is 256 g/mol. The maximum absolute atomic E-state index is 5.18. The van der Waals surface area contributed by atoms with Gasteiger partial charge >= 0.3 is 79.5 Å². The maximum Gasteiger partial charge on any atom is -0.147 e. The molecule has 0 N–H and O–H groups in total. The Morgan fingerprint density at radius 2 is 1.54 bits per heavy atom. The van der Waals surface area contributed by atoms with E-state index in [9.17, 15) is 0 Å². The van der Waals surface area contributed by atoms with Gasteiger partial charge in [0.1, 0.15) is 0 Å². The van der Waals surface area contributed by atoms with Crippen LogP contribution < -0.4 is 3.32 Å². The predicted molar refractivity (Wildman–Crippen MR) is 55.8 cm³/mol. The number of benzene rings is 1. The first-order valence-electron chi connectivity index (χ1n) is 3.57. The van der Waals surface area contributed by atoms with Crippen molar-refractivity contribution in [3.05, 3.63) is 28.8 Å². The summed E-state index contributed by atoms with van der Waals surface area (Å²) in [6, 6.07) is 4.10. The summed E-state index contributed by atoms with van der Waals surface area (Å²) in [7, 11) is 0. The molecule has 0 bridgehead atoms. The molecule has 0 aliphatic carbocycles. The maximum atomic E-state index is 5.18. The third-order valence-electron chi connectivity index (χ3n) is 2.12. The summed E-state index contributed by atoms with van der Waals surface area (Å²) in [6.45, 7) is 6.32. The van der Waals surface area contributed by atoms with Crippen LogP contribution in [0.5, 0.6) is 5.75 Å². The normalized spacial score (nSPS) is 8.15. The van der Waals surface area contributed by atoms with Crippen molar-refractivity contribution in [2.45, 2.75) is 20.8 Å². The molecule has 1 aromatic carbocycles. The molecule has 1 aromatic rings. The molecule has 1 rings (SSSR count). The molecule has 4 heteroatoms. The Bertz CT molecular complexity index is 277. The Labute approximate surface area is 104 Å². The van der Waals surface area contributed by atoms with Gasteiger partial charge in [-0.1, -0.05) is 0 Å². The second kappa shape index (κ2) is 6.72. The fourth-order valence-corrected chi connectivity index (χ4v) is 1.39. The van der Waals surface area contributed by atoms with Crippen molar-refractivity contribution >= 4 is 24.8 Å². The van der Waals surface area contributed by atoms with E-state index in [1.54, 1.807) is 20.8 Å². The summed E-state index contributed by atoms with van der Waals surface area (Å²) in [5.41, 5.74) is 3.89. The Hall–Kier alpha value is 0.314. The van der Waals surface area contributed by atoms with Crippen molar-refractivity contribution in [3.63, 3.8) is 0 Å². The van der Waals surface area contributed by atoms with E-state index in [-0.39, 0.29) is 24.8 Å². The molecule has 73 valence electrons. The smallest absolute Gasteiger partial charge is 0.147 e. The van der Waals surface area contributed by atoms with Crippen LogP contribution in [0.4, 0.5) is 0 Å². The summed E-state index contributed by atoms with van der Waals surface area (Å²) in [4.78, 5) is 0. The van der Waals surface area contributed by atoms with Gasteiger partial charge in [0.05, 0.1) is 0 Å². The van der Waals surface area contributed by atoms with Crippen molar-refractivity contribution in [2.75, 3.05) is 0 Å². The molecule has 0 aliphatic heterocycles. The minimum atomic E-state index is 0. The molecule has 0 spiro atoms. The van der Waals surface area contributed by atoms with E-state index < -0.39 is 0 Å². The monoisotopic (exact) mass is 255 g/mol. The first-order valence-corrected chi connectivity index (χ1v) is 4.21. The summed E-state index contributed by atoms with van der Waals surface area (Å²) in [5, 5.41) is 0. The van der Waals surface area contributed by atoms with Gasteiger partial charge in [0.2, 0.25) is 0 Å². The van der Waals surface area contributed by atoms with Crippen LogP contribution in [0.3, 0.4) is 0 Å². The molecule has 0 fully saturated rings. The molecule has 0 saturated carbocycles. The van der Waals surface area contributed by atoms with Crippen LogP contribution in [0, 0.1) is 20.8 Å². The van der Waals surface area contributed by atoms with Crippen molar-refractivity contribution < 1.29 is 24.1 Å². The molecule has 1 nitrogen and oxygen atoms in total. The van der Waals surface area contributed by atoms with E-state index in [4.69, 9.17) is 3.32 Å².